The van der Waals surface area contributed by atoms with E-state index in [0.29, 0.717) is 4.68 Å². The number of halogens is 4. The van der Waals surface area contributed by atoms with Crippen molar-refractivity contribution < 1.29 is 22.8 Å². The zero-order chi connectivity index (χ0) is 27.2. The van der Waals surface area contributed by atoms with Crippen LogP contribution in [0.3, 0.4) is 0 Å². The number of ketones is 1. The molecule has 0 spiro atoms. The van der Waals surface area contributed by atoms with E-state index in [2.05, 4.69) is 36.2 Å². The molecule has 192 valence electrons. The van der Waals surface area contributed by atoms with Crippen molar-refractivity contribution in [3.05, 3.63) is 75.5 Å². The fourth-order valence-corrected chi connectivity index (χ4v) is 4.25. The minimum Gasteiger partial charge on any atom is -0.369 e. The molecule has 1 amide bonds. The van der Waals surface area contributed by atoms with Crippen LogP contribution >= 0.6 is 11.6 Å². The molecule has 1 unspecified atom stereocenters. The van der Waals surface area contributed by atoms with Gasteiger partial charge in [0.2, 0.25) is 0 Å². The third-order valence-corrected chi connectivity index (χ3v) is 5.97. The Morgan fingerprint density at radius 3 is 2.79 bits per heavy atom. The van der Waals surface area contributed by atoms with Gasteiger partial charge in [-0.3, -0.25) is 9.59 Å². The first-order valence-electron chi connectivity index (χ1n) is 10.8. The van der Waals surface area contributed by atoms with Crippen molar-refractivity contribution in [2.75, 3.05) is 12.4 Å². The summed E-state index contributed by atoms with van der Waals surface area (Å²) in [7, 11) is 1.40. The molecule has 2 N–H and O–H groups in total. The Morgan fingerprint density at radius 1 is 1.32 bits per heavy atom. The molecule has 0 saturated carbocycles. The summed E-state index contributed by atoms with van der Waals surface area (Å²) in [6.07, 6.45) is -3.38. The molecular formula is C22H14ClF3N10O2. The van der Waals surface area contributed by atoms with Crippen molar-refractivity contribution in [2.45, 2.75) is 18.8 Å². The number of pyridine rings is 1. The summed E-state index contributed by atoms with van der Waals surface area (Å²) in [6.45, 7) is -0.484. The van der Waals surface area contributed by atoms with Crippen LogP contribution in [0.1, 0.15) is 49.5 Å². The minimum atomic E-state index is -4.81. The Hall–Kier alpha value is -4.84. The van der Waals surface area contributed by atoms with E-state index in [1.807, 2.05) is 6.07 Å². The highest BCUT2D eigenvalue weighted by atomic mass is 35.5. The van der Waals surface area contributed by atoms with Gasteiger partial charge in [-0.15, -0.1) is 5.10 Å². The number of aromatic nitrogens is 7. The van der Waals surface area contributed by atoms with Crippen LogP contribution in [0, 0.1) is 11.3 Å². The summed E-state index contributed by atoms with van der Waals surface area (Å²) in [6, 6.07) is 7.96. The molecule has 1 aliphatic heterocycles. The summed E-state index contributed by atoms with van der Waals surface area (Å²) < 4.78 is 41.7. The molecule has 0 bridgehead atoms. The number of nitriles is 1. The first-order valence-corrected chi connectivity index (χ1v) is 11.1. The highest BCUT2D eigenvalue weighted by Gasteiger charge is 2.40. The van der Waals surface area contributed by atoms with Gasteiger partial charge in [0.1, 0.15) is 6.04 Å². The van der Waals surface area contributed by atoms with E-state index in [4.69, 9.17) is 11.6 Å². The van der Waals surface area contributed by atoms with Gasteiger partial charge >= 0.3 is 6.18 Å². The van der Waals surface area contributed by atoms with Crippen LogP contribution in [0.5, 0.6) is 0 Å². The molecule has 1 aliphatic rings. The monoisotopic (exact) mass is 542 g/mol. The number of alkyl halides is 3. The number of amides is 1. The summed E-state index contributed by atoms with van der Waals surface area (Å²) in [4.78, 5) is 30.2. The second-order valence-electron chi connectivity index (χ2n) is 8.02. The summed E-state index contributed by atoms with van der Waals surface area (Å²) in [5.74, 6) is -2.25. The van der Waals surface area contributed by atoms with E-state index < -0.39 is 36.3 Å². The van der Waals surface area contributed by atoms with Gasteiger partial charge in [-0.25, -0.2) is 14.3 Å². The standard InChI is InChI=1S/C22H14ClF3N10O2/c1-28-20(38)13-6-10(8-27)5-12-16(13)30-17(18(12)37)15-7-11(9-35-21(22(24,25)26)31-33-34-35)32-36(15)19-14(23)3-2-4-29-19/h2-7,17,30H,9H2,1H3,(H,28,38). The van der Waals surface area contributed by atoms with Gasteiger partial charge in [0.15, 0.2) is 11.6 Å². The molecule has 0 fully saturated rings. The smallest absolute Gasteiger partial charge is 0.369 e. The number of carbonyl (C=O) groups is 2. The van der Waals surface area contributed by atoms with Gasteiger partial charge in [-0.2, -0.15) is 23.5 Å². The third kappa shape index (κ3) is 4.20. The molecule has 5 rings (SSSR count). The normalized spacial score (nSPS) is 14.6. The first kappa shape index (κ1) is 24.8. The van der Waals surface area contributed by atoms with E-state index >= 15 is 0 Å². The number of benzene rings is 1. The van der Waals surface area contributed by atoms with Gasteiger partial charge in [-0.1, -0.05) is 11.6 Å². The molecule has 0 aliphatic carbocycles. The predicted octanol–water partition coefficient (Wildman–Crippen LogP) is 2.56. The number of carbonyl (C=O) groups excluding carboxylic acids is 2. The molecule has 0 saturated heterocycles. The number of Topliss-reactive ketones (excluding diaryl/α,β-unsaturated/α-hetero) is 1. The maximum Gasteiger partial charge on any atom is 0.453 e. The number of rotatable bonds is 5. The Labute approximate surface area is 216 Å². The molecule has 0 radical (unpaired) electrons. The average Bonchev–Trinajstić information content (AvgIpc) is 3.61. The topological polar surface area (TPSA) is 156 Å². The van der Waals surface area contributed by atoms with Crippen molar-refractivity contribution in [1.29, 1.82) is 5.26 Å². The Bertz CT molecular complexity index is 1640. The van der Waals surface area contributed by atoms with Crippen LogP contribution in [0.25, 0.3) is 5.82 Å². The first-order chi connectivity index (χ1) is 18.1. The summed E-state index contributed by atoms with van der Waals surface area (Å²) in [5, 5.41) is 28.9. The van der Waals surface area contributed by atoms with Crippen molar-refractivity contribution in [2.24, 2.45) is 0 Å². The van der Waals surface area contributed by atoms with Gasteiger partial charge in [0.25, 0.3) is 11.7 Å². The number of nitrogens with one attached hydrogen (secondary N) is 2. The highest BCUT2D eigenvalue weighted by molar-refractivity contribution is 6.32. The highest BCUT2D eigenvalue weighted by Crippen LogP contribution is 2.39. The number of anilines is 1. The van der Waals surface area contributed by atoms with Crippen LogP contribution in [-0.2, 0) is 12.7 Å². The van der Waals surface area contributed by atoms with Crippen molar-refractivity contribution in [3.8, 4) is 11.9 Å². The maximum absolute atomic E-state index is 13.5. The van der Waals surface area contributed by atoms with Crippen molar-refractivity contribution >= 4 is 29.0 Å². The van der Waals surface area contributed by atoms with Crippen LogP contribution in [-0.4, -0.2) is 53.7 Å². The fourth-order valence-electron chi connectivity index (χ4n) is 4.04. The van der Waals surface area contributed by atoms with Gasteiger partial charge in [0.05, 0.1) is 45.8 Å². The van der Waals surface area contributed by atoms with Gasteiger partial charge < -0.3 is 10.6 Å². The lowest BCUT2D eigenvalue weighted by molar-refractivity contribution is -0.147. The molecule has 12 nitrogen and oxygen atoms in total. The number of nitrogens with zero attached hydrogens (tertiary/aromatic N) is 8. The fraction of sp³-hybridized carbons (Fsp3) is 0.182. The van der Waals surface area contributed by atoms with Crippen LogP contribution in [0.4, 0.5) is 18.9 Å². The van der Waals surface area contributed by atoms with Crippen LogP contribution in [0.2, 0.25) is 5.02 Å². The lowest BCUT2D eigenvalue weighted by atomic mass is 10.00. The van der Waals surface area contributed by atoms with E-state index in [0.717, 1.165) is 0 Å². The number of hydrogen-bond donors (Lipinski definition) is 2. The van der Waals surface area contributed by atoms with Gasteiger partial charge in [0, 0.05) is 18.8 Å². The largest absolute Gasteiger partial charge is 0.453 e. The molecule has 4 heterocycles. The second kappa shape index (κ2) is 9.23. The number of tetrazole rings is 1. The molecule has 3 aromatic heterocycles. The lowest BCUT2D eigenvalue weighted by Gasteiger charge is -2.14. The predicted molar refractivity (Wildman–Crippen MR) is 124 cm³/mol. The Balaban J connectivity index is 1.63. The third-order valence-electron chi connectivity index (χ3n) is 5.68. The van der Waals surface area contributed by atoms with E-state index in [1.165, 1.54) is 42.2 Å². The van der Waals surface area contributed by atoms with E-state index in [9.17, 15) is 28.0 Å². The zero-order valence-electron chi connectivity index (χ0n) is 19.2. The summed E-state index contributed by atoms with van der Waals surface area (Å²) in [5.41, 5.74) is 0.689. The van der Waals surface area contributed by atoms with Crippen molar-refractivity contribution in [1.82, 2.24) is 40.3 Å². The molecule has 16 heteroatoms. The summed E-state index contributed by atoms with van der Waals surface area (Å²) >= 11 is 6.32. The quantitative estimate of drug-likeness (QED) is 0.387. The Morgan fingerprint density at radius 2 is 2.11 bits per heavy atom. The zero-order valence-corrected chi connectivity index (χ0v) is 19.9. The molecule has 38 heavy (non-hydrogen) atoms. The SMILES string of the molecule is CNC(=O)c1cc(C#N)cc2c1NC(c1cc(Cn3nnnc3C(F)(F)F)nn1-c1ncccc1Cl)C2=O. The second-order valence-corrected chi connectivity index (χ2v) is 8.43. The maximum atomic E-state index is 13.5. The van der Waals surface area contributed by atoms with Gasteiger partial charge in [-0.05, 0) is 40.8 Å². The number of fused-ring (bicyclic) bond motifs is 1. The minimum absolute atomic E-state index is 0.0642. The average molecular weight is 543 g/mol. The molecule has 1 atom stereocenters. The lowest BCUT2D eigenvalue weighted by Crippen LogP contribution is -2.20. The van der Waals surface area contributed by atoms with Crippen LogP contribution < -0.4 is 10.6 Å². The van der Waals surface area contributed by atoms with E-state index in [1.54, 1.807) is 6.07 Å². The molecule has 1 aromatic carbocycles. The molecule has 4 aromatic rings. The Kier molecular flexibility index (Phi) is 6.03. The van der Waals surface area contributed by atoms with Crippen LogP contribution in [0.15, 0.2) is 36.5 Å². The van der Waals surface area contributed by atoms with Crippen molar-refractivity contribution in [3.63, 3.8) is 0 Å². The number of hydrogen-bond acceptors (Lipinski definition) is 9. The van der Waals surface area contributed by atoms with E-state index in [-0.39, 0.29) is 44.6 Å². The molecular weight excluding hydrogens is 529 g/mol.